The average molecular weight is 229 g/mol. The lowest BCUT2D eigenvalue weighted by molar-refractivity contribution is 0.0334. The predicted molar refractivity (Wildman–Crippen MR) is 66.7 cm³/mol. The molecule has 0 aromatic heterocycles. The molecule has 0 amide bonds. The third kappa shape index (κ3) is 3.72. The lowest BCUT2D eigenvalue weighted by Crippen LogP contribution is -2.40. The first-order chi connectivity index (χ1) is 7.75. The van der Waals surface area contributed by atoms with E-state index in [9.17, 15) is 0 Å². The van der Waals surface area contributed by atoms with Crippen molar-refractivity contribution < 1.29 is 9.47 Å². The quantitative estimate of drug-likeness (QED) is 0.647. The van der Waals surface area contributed by atoms with Gasteiger partial charge in [-0.1, -0.05) is 13.8 Å². The van der Waals surface area contributed by atoms with Crippen molar-refractivity contribution in [1.82, 2.24) is 5.32 Å². The van der Waals surface area contributed by atoms with Crippen molar-refractivity contribution in [2.24, 2.45) is 5.41 Å². The summed E-state index contributed by atoms with van der Waals surface area (Å²) in [5.74, 6) is 0. The summed E-state index contributed by atoms with van der Waals surface area (Å²) in [6.07, 6.45) is 3.74. The van der Waals surface area contributed by atoms with E-state index < -0.39 is 0 Å². The molecule has 0 spiro atoms. The third-order valence-electron chi connectivity index (χ3n) is 3.65. The van der Waals surface area contributed by atoms with Gasteiger partial charge < -0.3 is 14.8 Å². The molecule has 96 valence electrons. The van der Waals surface area contributed by atoms with Crippen LogP contribution >= 0.6 is 0 Å². The maximum Gasteiger partial charge on any atom is 0.0617 e. The van der Waals surface area contributed by atoms with Crippen molar-refractivity contribution in [2.45, 2.75) is 46.1 Å². The number of hydrogen-bond acceptors (Lipinski definition) is 3. The minimum Gasteiger partial charge on any atom is -0.381 e. The summed E-state index contributed by atoms with van der Waals surface area (Å²) < 4.78 is 11.3. The summed E-state index contributed by atoms with van der Waals surface area (Å²) in [7, 11) is 0. The Kier molecular flexibility index (Phi) is 6.32. The molecule has 1 aliphatic rings. The molecule has 2 atom stereocenters. The number of hydrogen-bond donors (Lipinski definition) is 1. The third-order valence-corrected chi connectivity index (χ3v) is 3.65. The molecule has 1 N–H and O–H groups in total. The lowest BCUT2D eigenvalue weighted by Gasteiger charge is -2.32. The second-order valence-corrected chi connectivity index (χ2v) is 4.77. The first-order valence-corrected chi connectivity index (χ1v) is 6.65. The number of nitrogens with one attached hydrogen (secondary N) is 1. The lowest BCUT2D eigenvalue weighted by atomic mass is 9.78. The first-order valence-electron chi connectivity index (χ1n) is 6.65. The van der Waals surface area contributed by atoms with Gasteiger partial charge in [0.2, 0.25) is 0 Å². The predicted octanol–water partition coefficient (Wildman–Crippen LogP) is 2.21. The minimum atomic E-state index is 0.295. The van der Waals surface area contributed by atoms with Gasteiger partial charge in [0.05, 0.1) is 6.10 Å². The largest absolute Gasteiger partial charge is 0.381 e. The zero-order valence-electron chi connectivity index (χ0n) is 11.1. The number of rotatable bonds is 8. The molecule has 1 heterocycles. The normalized spacial score (nSPS) is 29.8. The van der Waals surface area contributed by atoms with E-state index >= 15 is 0 Å². The van der Waals surface area contributed by atoms with Crippen LogP contribution in [0.4, 0.5) is 0 Å². The monoisotopic (exact) mass is 229 g/mol. The van der Waals surface area contributed by atoms with E-state index in [1.54, 1.807) is 0 Å². The summed E-state index contributed by atoms with van der Waals surface area (Å²) in [4.78, 5) is 0. The fraction of sp³-hybridized carbons (Fsp3) is 1.00. The van der Waals surface area contributed by atoms with Crippen LogP contribution in [-0.4, -0.2) is 39.0 Å². The summed E-state index contributed by atoms with van der Waals surface area (Å²) in [6, 6.07) is 0. The van der Waals surface area contributed by atoms with Crippen LogP contribution in [0.2, 0.25) is 0 Å². The summed E-state index contributed by atoms with van der Waals surface area (Å²) in [5, 5.41) is 3.47. The van der Waals surface area contributed by atoms with Crippen molar-refractivity contribution in [2.75, 3.05) is 32.9 Å². The average Bonchev–Trinajstić information content (AvgIpc) is 2.64. The maximum absolute atomic E-state index is 5.73. The van der Waals surface area contributed by atoms with E-state index in [4.69, 9.17) is 9.47 Å². The second-order valence-electron chi connectivity index (χ2n) is 4.77. The molecule has 0 aromatic carbocycles. The van der Waals surface area contributed by atoms with Gasteiger partial charge in [0.1, 0.15) is 0 Å². The molecule has 0 bridgehead atoms. The Morgan fingerprint density at radius 1 is 1.38 bits per heavy atom. The standard InChI is InChI=1S/C13H27NO2/c1-4-8-15-9-6-13(11-14-5-2)7-10-16-12(13)3/h12,14H,4-11H2,1-3H3. The molecule has 0 aliphatic carbocycles. The van der Waals surface area contributed by atoms with Crippen LogP contribution in [0.25, 0.3) is 0 Å². The van der Waals surface area contributed by atoms with E-state index in [1.165, 1.54) is 0 Å². The first kappa shape index (κ1) is 13.9. The summed E-state index contributed by atoms with van der Waals surface area (Å²) >= 11 is 0. The van der Waals surface area contributed by atoms with E-state index in [-0.39, 0.29) is 0 Å². The van der Waals surface area contributed by atoms with Gasteiger partial charge in [-0.2, -0.15) is 0 Å². The van der Waals surface area contributed by atoms with Crippen LogP contribution in [0.3, 0.4) is 0 Å². The van der Waals surface area contributed by atoms with Crippen LogP contribution in [0.5, 0.6) is 0 Å². The van der Waals surface area contributed by atoms with Crippen LogP contribution in [-0.2, 0) is 9.47 Å². The molecule has 0 radical (unpaired) electrons. The van der Waals surface area contributed by atoms with E-state index in [2.05, 4.69) is 26.1 Å². The Balaban J connectivity index is 2.37. The van der Waals surface area contributed by atoms with E-state index in [1.807, 2.05) is 0 Å². The second kappa shape index (κ2) is 7.25. The van der Waals surface area contributed by atoms with Crippen LogP contribution in [0.1, 0.15) is 40.0 Å². The maximum atomic E-state index is 5.73. The van der Waals surface area contributed by atoms with Gasteiger partial charge in [0.25, 0.3) is 0 Å². The Labute approximate surface area is 99.9 Å². The van der Waals surface area contributed by atoms with E-state index in [0.29, 0.717) is 11.5 Å². The van der Waals surface area contributed by atoms with Gasteiger partial charge >= 0.3 is 0 Å². The van der Waals surface area contributed by atoms with Gasteiger partial charge in [-0.25, -0.2) is 0 Å². The smallest absolute Gasteiger partial charge is 0.0617 e. The van der Waals surface area contributed by atoms with Gasteiger partial charge in [0, 0.05) is 31.8 Å². The molecular formula is C13H27NO2. The molecule has 1 fully saturated rings. The van der Waals surface area contributed by atoms with Gasteiger partial charge in [0.15, 0.2) is 0 Å². The van der Waals surface area contributed by atoms with Crippen LogP contribution < -0.4 is 5.32 Å². The Bertz CT molecular complexity index is 187. The van der Waals surface area contributed by atoms with Gasteiger partial charge in [-0.05, 0) is 32.7 Å². The SMILES string of the molecule is CCCOCCC1(CNCC)CCOC1C. The molecule has 1 rings (SSSR count). The van der Waals surface area contributed by atoms with Crippen LogP contribution in [0.15, 0.2) is 0 Å². The fourth-order valence-electron chi connectivity index (χ4n) is 2.36. The summed E-state index contributed by atoms with van der Waals surface area (Å²) in [6.45, 7) is 11.2. The Morgan fingerprint density at radius 2 is 2.19 bits per heavy atom. The van der Waals surface area contributed by atoms with Crippen molar-refractivity contribution in [3.05, 3.63) is 0 Å². The Morgan fingerprint density at radius 3 is 2.75 bits per heavy atom. The highest BCUT2D eigenvalue weighted by Gasteiger charge is 2.40. The molecule has 1 aliphatic heterocycles. The van der Waals surface area contributed by atoms with Gasteiger partial charge in [-0.3, -0.25) is 0 Å². The van der Waals surface area contributed by atoms with E-state index in [0.717, 1.165) is 52.2 Å². The molecule has 2 unspecified atom stereocenters. The highest BCUT2D eigenvalue weighted by molar-refractivity contribution is 4.91. The molecule has 0 aromatic rings. The van der Waals surface area contributed by atoms with Crippen molar-refractivity contribution in [3.8, 4) is 0 Å². The highest BCUT2D eigenvalue weighted by Crippen LogP contribution is 2.37. The molecule has 16 heavy (non-hydrogen) atoms. The van der Waals surface area contributed by atoms with Crippen molar-refractivity contribution >= 4 is 0 Å². The topological polar surface area (TPSA) is 30.5 Å². The highest BCUT2D eigenvalue weighted by atomic mass is 16.5. The van der Waals surface area contributed by atoms with Gasteiger partial charge in [-0.15, -0.1) is 0 Å². The fourth-order valence-corrected chi connectivity index (χ4v) is 2.36. The zero-order valence-corrected chi connectivity index (χ0v) is 11.1. The number of ether oxygens (including phenoxy) is 2. The van der Waals surface area contributed by atoms with Crippen LogP contribution in [0, 0.1) is 5.41 Å². The molecule has 1 saturated heterocycles. The molecule has 3 nitrogen and oxygen atoms in total. The molecular weight excluding hydrogens is 202 g/mol. The molecule has 0 saturated carbocycles. The Hall–Kier alpha value is -0.120. The van der Waals surface area contributed by atoms with Crippen molar-refractivity contribution in [3.63, 3.8) is 0 Å². The minimum absolute atomic E-state index is 0.295. The summed E-state index contributed by atoms with van der Waals surface area (Å²) in [5.41, 5.74) is 0.295. The van der Waals surface area contributed by atoms with Crippen molar-refractivity contribution in [1.29, 1.82) is 0 Å². The zero-order chi connectivity index (χ0) is 11.9. The molecule has 3 heteroatoms.